The molecule has 1 fully saturated rings. The lowest BCUT2D eigenvalue weighted by molar-refractivity contribution is -0.144. The predicted octanol–water partition coefficient (Wildman–Crippen LogP) is 2.73. The van der Waals surface area contributed by atoms with Crippen LogP contribution in [0, 0.1) is 5.92 Å². The average Bonchev–Trinajstić information content (AvgIpc) is 2.64. The van der Waals surface area contributed by atoms with Crippen LogP contribution in [-0.2, 0) is 15.7 Å². The number of methoxy groups -OCH3 is 1. The smallest absolute Gasteiger partial charge is 0.416 e. The van der Waals surface area contributed by atoms with Gasteiger partial charge in [0.25, 0.3) is 0 Å². The third kappa shape index (κ3) is 5.27. The first-order valence-electron chi connectivity index (χ1n) is 8.69. The molecule has 0 bridgehead atoms. The second-order valence-electron chi connectivity index (χ2n) is 6.72. The molecule has 9 heteroatoms. The highest BCUT2D eigenvalue weighted by Crippen LogP contribution is 2.31. The summed E-state index contributed by atoms with van der Waals surface area (Å²) in [5.41, 5.74) is -0.225. The van der Waals surface area contributed by atoms with Crippen molar-refractivity contribution >= 4 is 17.7 Å². The van der Waals surface area contributed by atoms with E-state index in [1.165, 1.54) is 13.2 Å². The van der Waals surface area contributed by atoms with Crippen LogP contribution in [0.1, 0.15) is 19.4 Å². The molecule has 0 radical (unpaired) electrons. The second kappa shape index (κ2) is 8.49. The van der Waals surface area contributed by atoms with Crippen molar-refractivity contribution in [2.45, 2.75) is 26.1 Å². The fraction of sp³-hybridized carbons (Fsp3) is 0.556. The normalized spacial score (nSPS) is 16.3. The molecule has 1 aromatic rings. The number of carbonyl (C=O) groups excluding carboxylic acids is 2. The van der Waals surface area contributed by atoms with Gasteiger partial charge in [-0.15, -0.1) is 0 Å². The molecule has 27 heavy (non-hydrogen) atoms. The number of halogens is 3. The van der Waals surface area contributed by atoms with Gasteiger partial charge >= 0.3 is 18.2 Å². The number of rotatable bonds is 4. The van der Waals surface area contributed by atoms with Gasteiger partial charge in [-0.05, 0) is 24.1 Å². The van der Waals surface area contributed by atoms with Crippen LogP contribution in [0.5, 0.6) is 0 Å². The van der Waals surface area contributed by atoms with Crippen LogP contribution in [-0.4, -0.2) is 56.2 Å². The van der Waals surface area contributed by atoms with Gasteiger partial charge < -0.3 is 19.9 Å². The number of hydrogen-bond acceptors (Lipinski definition) is 4. The van der Waals surface area contributed by atoms with Crippen LogP contribution in [0.4, 0.5) is 23.7 Å². The van der Waals surface area contributed by atoms with E-state index in [1.807, 2.05) is 0 Å². The topological polar surface area (TPSA) is 61.9 Å². The van der Waals surface area contributed by atoms with Gasteiger partial charge in [0, 0.05) is 31.9 Å². The van der Waals surface area contributed by atoms with Crippen molar-refractivity contribution in [2.75, 3.05) is 38.2 Å². The highest BCUT2D eigenvalue weighted by Gasteiger charge is 2.32. The minimum atomic E-state index is -4.39. The number of anilines is 1. The van der Waals surface area contributed by atoms with E-state index in [0.29, 0.717) is 31.9 Å². The number of urea groups is 1. The Hall–Kier alpha value is -2.45. The molecule has 0 aromatic heterocycles. The lowest BCUT2D eigenvalue weighted by atomic mass is 10.1. The maximum atomic E-state index is 12.9. The van der Waals surface area contributed by atoms with Crippen LogP contribution in [0.3, 0.4) is 0 Å². The summed E-state index contributed by atoms with van der Waals surface area (Å²) in [6, 6.07) is 4.01. The summed E-state index contributed by atoms with van der Waals surface area (Å²) < 4.78 is 43.3. The van der Waals surface area contributed by atoms with E-state index in [9.17, 15) is 22.8 Å². The Bertz CT molecular complexity index is 671. The first-order valence-corrected chi connectivity index (χ1v) is 8.69. The Morgan fingerprint density at radius 1 is 1.15 bits per heavy atom. The first kappa shape index (κ1) is 20.9. The van der Waals surface area contributed by atoms with E-state index >= 15 is 0 Å². The minimum Gasteiger partial charge on any atom is -0.467 e. The van der Waals surface area contributed by atoms with Gasteiger partial charge in [-0.25, -0.2) is 9.59 Å². The molecule has 6 nitrogen and oxygen atoms in total. The van der Waals surface area contributed by atoms with Crippen LogP contribution >= 0.6 is 0 Å². The number of carbonyl (C=O) groups is 2. The molecular formula is C18H24F3N3O3. The number of amides is 2. The number of nitrogens with one attached hydrogen (secondary N) is 1. The quantitative estimate of drug-likeness (QED) is 0.807. The van der Waals surface area contributed by atoms with Crippen LogP contribution in [0.15, 0.2) is 24.3 Å². The van der Waals surface area contributed by atoms with E-state index in [2.05, 4.69) is 5.32 Å². The van der Waals surface area contributed by atoms with Crippen molar-refractivity contribution < 1.29 is 27.5 Å². The number of ether oxygens (including phenoxy) is 1. The van der Waals surface area contributed by atoms with Crippen molar-refractivity contribution in [3.8, 4) is 0 Å². The SMILES string of the molecule is COC(=O)[C@@H](NC(=O)N1CCN(c2cccc(C(F)(F)F)c2)CC1)C(C)C. The molecule has 1 aliphatic heterocycles. The first-order chi connectivity index (χ1) is 12.6. The fourth-order valence-electron chi connectivity index (χ4n) is 2.90. The van der Waals surface area contributed by atoms with Crippen molar-refractivity contribution in [1.82, 2.24) is 10.2 Å². The monoisotopic (exact) mass is 387 g/mol. The lowest BCUT2D eigenvalue weighted by Gasteiger charge is -2.37. The van der Waals surface area contributed by atoms with Gasteiger partial charge in [0.2, 0.25) is 0 Å². The van der Waals surface area contributed by atoms with Crippen molar-refractivity contribution in [3.05, 3.63) is 29.8 Å². The van der Waals surface area contributed by atoms with E-state index in [0.717, 1.165) is 12.1 Å². The molecule has 0 saturated carbocycles. The van der Waals surface area contributed by atoms with Gasteiger partial charge in [-0.1, -0.05) is 19.9 Å². The number of benzene rings is 1. The molecule has 1 atom stereocenters. The average molecular weight is 387 g/mol. The molecule has 1 N–H and O–H groups in total. The number of esters is 1. The zero-order valence-corrected chi connectivity index (χ0v) is 15.5. The van der Waals surface area contributed by atoms with E-state index < -0.39 is 23.8 Å². The van der Waals surface area contributed by atoms with Gasteiger partial charge in [-0.2, -0.15) is 13.2 Å². The molecule has 0 aliphatic carbocycles. The summed E-state index contributed by atoms with van der Waals surface area (Å²) in [5.74, 6) is -0.645. The van der Waals surface area contributed by atoms with Crippen molar-refractivity contribution in [2.24, 2.45) is 5.92 Å². The van der Waals surface area contributed by atoms with Gasteiger partial charge in [0.05, 0.1) is 12.7 Å². The number of hydrogen-bond donors (Lipinski definition) is 1. The third-order valence-corrected chi connectivity index (χ3v) is 4.51. The zero-order chi connectivity index (χ0) is 20.2. The maximum absolute atomic E-state index is 12.9. The molecular weight excluding hydrogens is 363 g/mol. The Kier molecular flexibility index (Phi) is 6.56. The number of alkyl halides is 3. The van der Waals surface area contributed by atoms with E-state index in [1.54, 1.807) is 29.7 Å². The molecule has 0 unspecified atom stereocenters. The summed E-state index contributed by atoms with van der Waals surface area (Å²) in [5, 5.41) is 2.67. The largest absolute Gasteiger partial charge is 0.467 e. The second-order valence-corrected chi connectivity index (χ2v) is 6.72. The standard InChI is InChI=1S/C18H24F3N3O3/c1-12(2)15(16(25)27-3)22-17(26)24-9-7-23(8-10-24)14-6-4-5-13(11-14)18(19,20)21/h4-6,11-12,15H,7-10H2,1-3H3,(H,22,26)/t15-/m0/s1. The minimum absolute atomic E-state index is 0.132. The molecule has 0 spiro atoms. The molecule has 1 saturated heterocycles. The van der Waals surface area contributed by atoms with Crippen molar-refractivity contribution in [1.29, 1.82) is 0 Å². The molecule has 1 aromatic carbocycles. The number of nitrogens with zero attached hydrogens (tertiary/aromatic N) is 2. The third-order valence-electron chi connectivity index (χ3n) is 4.51. The van der Waals surface area contributed by atoms with Crippen LogP contribution in [0.25, 0.3) is 0 Å². The lowest BCUT2D eigenvalue weighted by Crippen LogP contribution is -2.55. The maximum Gasteiger partial charge on any atom is 0.416 e. The Balaban J connectivity index is 1.97. The highest BCUT2D eigenvalue weighted by molar-refractivity contribution is 5.84. The predicted molar refractivity (Wildman–Crippen MR) is 94.4 cm³/mol. The summed E-state index contributed by atoms with van der Waals surface area (Å²) in [4.78, 5) is 27.5. The van der Waals surface area contributed by atoms with Crippen LogP contribution in [0.2, 0.25) is 0 Å². The van der Waals surface area contributed by atoms with Gasteiger partial charge in [-0.3, -0.25) is 0 Å². The molecule has 2 amide bonds. The van der Waals surface area contributed by atoms with Crippen molar-refractivity contribution in [3.63, 3.8) is 0 Å². The Morgan fingerprint density at radius 3 is 2.30 bits per heavy atom. The summed E-state index contributed by atoms with van der Waals surface area (Å²) in [6.45, 7) is 5.08. The number of piperazine rings is 1. The molecule has 1 aliphatic rings. The van der Waals surface area contributed by atoms with Crippen LogP contribution < -0.4 is 10.2 Å². The summed E-state index contributed by atoms with van der Waals surface area (Å²) in [7, 11) is 1.26. The highest BCUT2D eigenvalue weighted by atomic mass is 19.4. The summed E-state index contributed by atoms with van der Waals surface area (Å²) >= 11 is 0. The Labute approximate surface area is 156 Å². The van der Waals surface area contributed by atoms with Gasteiger partial charge in [0.15, 0.2) is 0 Å². The molecule has 2 rings (SSSR count). The summed E-state index contributed by atoms with van der Waals surface area (Å²) in [6.07, 6.45) is -4.39. The molecule has 150 valence electrons. The van der Waals surface area contributed by atoms with E-state index in [-0.39, 0.29) is 11.9 Å². The fourth-order valence-corrected chi connectivity index (χ4v) is 2.90. The Morgan fingerprint density at radius 2 is 1.78 bits per heavy atom. The molecule has 1 heterocycles. The van der Waals surface area contributed by atoms with E-state index in [4.69, 9.17) is 4.74 Å². The van der Waals surface area contributed by atoms with Gasteiger partial charge in [0.1, 0.15) is 6.04 Å². The zero-order valence-electron chi connectivity index (χ0n) is 15.5.